The Morgan fingerprint density at radius 1 is 1.18 bits per heavy atom. The Morgan fingerprint density at radius 2 is 1.94 bits per heavy atom. The summed E-state index contributed by atoms with van der Waals surface area (Å²) in [7, 11) is 0. The van der Waals surface area contributed by atoms with Crippen molar-refractivity contribution >= 4 is 17.8 Å². The van der Waals surface area contributed by atoms with Gasteiger partial charge >= 0.3 is 5.97 Å². The van der Waals surface area contributed by atoms with Crippen LogP contribution in [0.5, 0.6) is 0 Å². The second-order valence-corrected chi connectivity index (χ2v) is 2.83. The molecule has 0 unspecified atom stereocenters. The number of aliphatic carboxylic acids is 1. The first-order chi connectivity index (χ1) is 8.09. The SMILES string of the molecule is O=C(O)C=CC(=O)NNC(=O)c1ccccn1. The van der Waals surface area contributed by atoms with Crippen molar-refractivity contribution < 1.29 is 19.5 Å². The van der Waals surface area contributed by atoms with Gasteiger partial charge in [-0.15, -0.1) is 0 Å². The van der Waals surface area contributed by atoms with Gasteiger partial charge < -0.3 is 5.11 Å². The molecule has 0 spiro atoms. The van der Waals surface area contributed by atoms with E-state index in [0.717, 1.165) is 6.08 Å². The topological polar surface area (TPSA) is 108 Å². The zero-order chi connectivity index (χ0) is 12.7. The summed E-state index contributed by atoms with van der Waals surface area (Å²) >= 11 is 0. The number of pyridine rings is 1. The van der Waals surface area contributed by atoms with Gasteiger partial charge in [-0.05, 0) is 12.1 Å². The average Bonchev–Trinajstić information content (AvgIpc) is 2.34. The Balaban J connectivity index is 2.44. The van der Waals surface area contributed by atoms with E-state index in [1.807, 2.05) is 5.43 Å². The minimum atomic E-state index is -1.25. The molecule has 7 heteroatoms. The Hall–Kier alpha value is -2.70. The third kappa shape index (κ3) is 4.56. The summed E-state index contributed by atoms with van der Waals surface area (Å²) in [6.45, 7) is 0. The molecule has 0 saturated heterocycles. The lowest BCUT2D eigenvalue weighted by atomic mass is 10.3. The normalized spacial score (nSPS) is 9.88. The second-order valence-electron chi connectivity index (χ2n) is 2.83. The second kappa shape index (κ2) is 6.01. The summed E-state index contributed by atoms with van der Waals surface area (Å²) in [5.41, 5.74) is 4.22. The first-order valence-electron chi connectivity index (χ1n) is 4.52. The predicted octanol–water partition coefficient (Wildman–Crippen LogP) is -0.517. The number of rotatable bonds is 3. The monoisotopic (exact) mass is 235 g/mol. The molecule has 0 atom stereocenters. The Bertz CT molecular complexity index is 456. The van der Waals surface area contributed by atoms with Gasteiger partial charge in [0.1, 0.15) is 5.69 Å². The first kappa shape index (κ1) is 12.4. The molecule has 0 saturated carbocycles. The van der Waals surface area contributed by atoms with Crippen molar-refractivity contribution in [3.63, 3.8) is 0 Å². The number of aromatic nitrogens is 1. The Morgan fingerprint density at radius 3 is 2.53 bits per heavy atom. The zero-order valence-electron chi connectivity index (χ0n) is 8.58. The lowest BCUT2D eigenvalue weighted by Crippen LogP contribution is -2.41. The molecule has 17 heavy (non-hydrogen) atoms. The van der Waals surface area contributed by atoms with Gasteiger partial charge in [0.25, 0.3) is 11.8 Å². The Kier molecular flexibility index (Phi) is 4.37. The maximum atomic E-state index is 11.4. The molecule has 1 heterocycles. The molecule has 7 nitrogen and oxygen atoms in total. The van der Waals surface area contributed by atoms with E-state index < -0.39 is 17.8 Å². The van der Waals surface area contributed by atoms with Gasteiger partial charge in [-0.2, -0.15) is 0 Å². The number of nitrogens with zero attached hydrogens (tertiary/aromatic N) is 1. The van der Waals surface area contributed by atoms with Gasteiger partial charge in [0.05, 0.1) is 0 Å². The van der Waals surface area contributed by atoms with Crippen molar-refractivity contribution in [3.05, 3.63) is 42.2 Å². The number of carboxylic acids is 1. The number of amides is 2. The third-order valence-electron chi connectivity index (χ3n) is 1.57. The van der Waals surface area contributed by atoms with Crippen LogP contribution in [0.3, 0.4) is 0 Å². The van der Waals surface area contributed by atoms with Gasteiger partial charge in [0.15, 0.2) is 0 Å². The number of carbonyl (C=O) groups is 3. The fourth-order valence-electron chi connectivity index (χ4n) is 0.868. The quantitative estimate of drug-likeness (QED) is 0.482. The molecule has 88 valence electrons. The molecular weight excluding hydrogens is 226 g/mol. The van der Waals surface area contributed by atoms with Gasteiger partial charge in [0, 0.05) is 18.3 Å². The lowest BCUT2D eigenvalue weighted by molar-refractivity contribution is -0.131. The number of carbonyl (C=O) groups excluding carboxylic acids is 2. The number of hydrazine groups is 1. The third-order valence-corrected chi connectivity index (χ3v) is 1.57. The molecule has 0 aromatic carbocycles. The van der Waals surface area contributed by atoms with Crippen molar-refractivity contribution in [2.24, 2.45) is 0 Å². The molecule has 0 aliphatic heterocycles. The summed E-state index contributed by atoms with van der Waals surface area (Å²) in [4.78, 5) is 36.2. The molecule has 0 aliphatic carbocycles. The molecule has 0 bridgehead atoms. The largest absolute Gasteiger partial charge is 0.478 e. The van der Waals surface area contributed by atoms with Crippen LogP contribution in [0.4, 0.5) is 0 Å². The number of hydrogen-bond acceptors (Lipinski definition) is 4. The minimum absolute atomic E-state index is 0.134. The predicted molar refractivity (Wildman–Crippen MR) is 56.6 cm³/mol. The smallest absolute Gasteiger partial charge is 0.328 e. The van der Waals surface area contributed by atoms with Crippen LogP contribution < -0.4 is 10.9 Å². The van der Waals surface area contributed by atoms with E-state index >= 15 is 0 Å². The molecule has 1 rings (SSSR count). The van der Waals surface area contributed by atoms with E-state index in [1.165, 1.54) is 12.3 Å². The number of carboxylic acid groups (broad SMARTS) is 1. The molecule has 3 N–H and O–H groups in total. The molecule has 0 fully saturated rings. The highest BCUT2D eigenvalue weighted by molar-refractivity contribution is 5.97. The summed E-state index contributed by atoms with van der Waals surface area (Å²) in [6, 6.07) is 4.73. The maximum Gasteiger partial charge on any atom is 0.328 e. The lowest BCUT2D eigenvalue weighted by Gasteiger charge is -2.03. The highest BCUT2D eigenvalue weighted by Gasteiger charge is 2.06. The average molecular weight is 235 g/mol. The zero-order valence-corrected chi connectivity index (χ0v) is 8.58. The highest BCUT2D eigenvalue weighted by atomic mass is 16.4. The van der Waals surface area contributed by atoms with Crippen LogP contribution in [0.25, 0.3) is 0 Å². The standard InChI is InChI=1S/C10H9N3O4/c14-8(4-5-9(15)16)12-13-10(17)7-3-1-2-6-11-7/h1-6H,(H,12,14)(H,13,17)(H,15,16). The van der Waals surface area contributed by atoms with Crippen LogP contribution in [0.15, 0.2) is 36.5 Å². The van der Waals surface area contributed by atoms with E-state index in [2.05, 4.69) is 10.4 Å². The van der Waals surface area contributed by atoms with E-state index in [0.29, 0.717) is 6.08 Å². The highest BCUT2D eigenvalue weighted by Crippen LogP contribution is 1.91. The molecule has 1 aromatic rings. The van der Waals surface area contributed by atoms with Crippen LogP contribution in [0, 0.1) is 0 Å². The van der Waals surface area contributed by atoms with E-state index in [-0.39, 0.29) is 5.69 Å². The Labute approximate surface area is 96.1 Å². The van der Waals surface area contributed by atoms with Crippen LogP contribution in [-0.4, -0.2) is 27.9 Å². The maximum absolute atomic E-state index is 11.4. The number of hydrogen-bond donors (Lipinski definition) is 3. The summed E-state index contributed by atoms with van der Waals surface area (Å²) < 4.78 is 0. The van der Waals surface area contributed by atoms with E-state index in [1.54, 1.807) is 12.1 Å². The van der Waals surface area contributed by atoms with Gasteiger partial charge in [-0.3, -0.25) is 25.4 Å². The van der Waals surface area contributed by atoms with E-state index in [9.17, 15) is 14.4 Å². The fraction of sp³-hybridized carbons (Fsp3) is 0. The van der Waals surface area contributed by atoms with Crippen molar-refractivity contribution in [1.29, 1.82) is 0 Å². The summed E-state index contributed by atoms with van der Waals surface area (Å²) in [5.74, 6) is -2.60. The van der Waals surface area contributed by atoms with Crippen LogP contribution in [-0.2, 0) is 9.59 Å². The van der Waals surface area contributed by atoms with Crippen molar-refractivity contribution in [2.45, 2.75) is 0 Å². The van der Waals surface area contributed by atoms with Crippen LogP contribution >= 0.6 is 0 Å². The molecule has 0 radical (unpaired) electrons. The summed E-state index contributed by atoms with van der Waals surface area (Å²) in [5, 5.41) is 8.25. The van der Waals surface area contributed by atoms with Gasteiger partial charge in [0.2, 0.25) is 0 Å². The molecule has 1 aromatic heterocycles. The molecule has 2 amide bonds. The van der Waals surface area contributed by atoms with Gasteiger partial charge in [-0.1, -0.05) is 6.07 Å². The van der Waals surface area contributed by atoms with Gasteiger partial charge in [-0.25, -0.2) is 4.79 Å². The van der Waals surface area contributed by atoms with Crippen LogP contribution in [0.2, 0.25) is 0 Å². The first-order valence-corrected chi connectivity index (χ1v) is 4.52. The minimum Gasteiger partial charge on any atom is -0.478 e. The molecular formula is C10H9N3O4. The fourth-order valence-corrected chi connectivity index (χ4v) is 0.868. The van der Waals surface area contributed by atoms with Crippen molar-refractivity contribution in [1.82, 2.24) is 15.8 Å². The van der Waals surface area contributed by atoms with Crippen molar-refractivity contribution in [2.75, 3.05) is 0 Å². The van der Waals surface area contributed by atoms with Crippen LogP contribution in [0.1, 0.15) is 10.5 Å². The molecule has 0 aliphatic rings. The summed E-state index contributed by atoms with van der Waals surface area (Å²) in [6.07, 6.45) is 2.87. The van der Waals surface area contributed by atoms with Crippen molar-refractivity contribution in [3.8, 4) is 0 Å². The van der Waals surface area contributed by atoms with E-state index in [4.69, 9.17) is 5.11 Å². The number of nitrogens with one attached hydrogen (secondary N) is 2.